The first-order chi connectivity index (χ1) is 15.0. The second-order valence-corrected chi connectivity index (χ2v) is 8.66. The van der Waals surface area contributed by atoms with E-state index >= 15 is 0 Å². The summed E-state index contributed by atoms with van der Waals surface area (Å²) < 4.78 is 13.8. The monoisotopic (exact) mass is 422 g/mol. The fraction of sp³-hybridized carbons (Fsp3) is 0.522. The van der Waals surface area contributed by atoms with Crippen molar-refractivity contribution in [3.63, 3.8) is 0 Å². The smallest absolute Gasteiger partial charge is 0.239 e. The van der Waals surface area contributed by atoms with Crippen molar-refractivity contribution >= 4 is 22.7 Å². The second-order valence-electron chi connectivity index (χ2n) is 8.66. The molecule has 2 aliphatic rings. The van der Waals surface area contributed by atoms with Crippen LogP contribution in [0.4, 0.5) is 11.6 Å². The molecule has 8 heteroatoms. The van der Waals surface area contributed by atoms with Crippen LogP contribution in [0.15, 0.2) is 36.7 Å². The van der Waals surface area contributed by atoms with Crippen molar-refractivity contribution in [3.05, 3.63) is 36.7 Å². The normalized spacial score (nSPS) is 27.1. The van der Waals surface area contributed by atoms with Gasteiger partial charge in [-0.05, 0) is 39.8 Å². The number of fused-ring (bicyclic) bond motifs is 1. The summed E-state index contributed by atoms with van der Waals surface area (Å²) in [5.41, 5.74) is 1.93. The van der Waals surface area contributed by atoms with E-state index < -0.39 is 0 Å². The van der Waals surface area contributed by atoms with Crippen LogP contribution in [0.25, 0.3) is 17.0 Å². The SMILES string of the molecule is C[C@@H]1CN(c2cc(N3CCO[C@@H](C)[C@H]3C)nc(-n3cnc4ccccc43)n2)C[C@H](C)O1. The highest BCUT2D eigenvalue weighted by atomic mass is 16.5. The van der Waals surface area contributed by atoms with Crippen LogP contribution in [-0.4, -0.2) is 70.1 Å². The van der Waals surface area contributed by atoms with Gasteiger partial charge in [-0.1, -0.05) is 12.1 Å². The van der Waals surface area contributed by atoms with E-state index in [1.807, 2.05) is 29.1 Å². The van der Waals surface area contributed by atoms with Gasteiger partial charge >= 0.3 is 0 Å². The molecule has 2 aliphatic heterocycles. The van der Waals surface area contributed by atoms with Crippen molar-refractivity contribution in [3.8, 4) is 5.95 Å². The lowest BCUT2D eigenvalue weighted by Crippen LogP contribution is -2.49. The van der Waals surface area contributed by atoms with Gasteiger partial charge in [0.25, 0.3) is 0 Å². The lowest BCUT2D eigenvalue weighted by molar-refractivity contribution is -0.00547. The van der Waals surface area contributed by atoms with E-state index in [9.17, 15) is 0 Å². The molecule has 0 N–H and O–H groups in total. The van der Waals surface area contributed by atoms with Gasteiger partial charge < -0.3 is 19.3 Å². The van der Waals surface area contributed by atoms with E-state index in [-0.39, 0.29) is 24.4 Å². The zero-order chi connectivity index (χ0) is 21.5. The molecule has 0 saturated carbocycles. The van der Waals surface area contributed by atoms with Gasteiger partial charge in [0.05, 0.1) is 42.0 Å². The first-order valence-corrected chi connectivity index (χ1v) is 11.1. The number of aromatic nitrogens is 4. The van der Waals surface area contributed by atoms with Gasteiger partial charge in [-0.25, -0.2) is 4.98 Å². The molecule has 1 aromatic carbocycles. The zero-order valence-electron chi connectivity index (χ0n) is 18.6. The molecule has 164 valence electrons. The second kappa shape index (κ2) is 8.09. The molecule has 0 amide bonds. The molecule has 0 bridgehead atoms. The maximum atomic E-state index is 5.95. The molecule has 4 atom stereocenters. The summed E-state index contributed by atoms with van der Waals surface area (Å²) in [5, 5.41) is 0. The highest BCUT2D eigenvalue weighted by Crippen LogP contribution is 2.28. The summed E-state index contributed by atoms with van der Waals surface area (Å²) in [5.74, 6) is 2.48. The van der Waals surface area contributed by atoms with Gasteiger partial charge in [-0.15, -0.1) is 0 Å². The van der Waals surface area contributed by atoms with Gasteiger partial charge in [-0.2, -0.15) is 9.97 Å². The third-order valence-corrected chi connectivity index (χ3v) is 6.28. The van der Waals surface area contributed by atoms with Crippen molar-refractivity contribution in [2.24, 2.45) is 0 Å². The molecule has 0 aliphatic carbocycles. The topological polar surface area (TPSA) is 68.5 Å². The molecule has 8 nitrogen and oxygen atoms in total. The minimum absolute atomic E-state index is 0.146. The summed E-state index contributed by atoms with van der Waals surface area (Å²) >= 11 is 0. The van der Waals surface area contributed by atoms with E-state index in [0.717, 1.165) is 42.3 Å². The number of hydrogen-bond acceptors (Lipinski definition) is 7. The van der Waals surface area contributed by atoms with Crippen LogP contribution in [0.5, 0.6) is 0 Å². The van der Waals surface area contributed by atoms with E-state index in [0.29, 0.717) is 12.6 Å². The number of imidazole rings is 1. The number of hydrogen-bond donors (Lipinski definition) is 0. The van der Waals surface area contributed by atoms with Crippen LogP contribution >= 0.6 is 0 Å². The van der Waals surface area contributed by atoms with Gasteiger partial charge in [-0.3, -0.25) is 4.57 Å². The number of nitrogens with zero attached hydrogens (tertiary/aromatic N) is 6. The number of anilines is 2. The Bertz CT molecular complexity index is 1060. The van der Waals surface area contributed by atoms with Gasteiger partial charge in [0.2, 0.25) is 5.95 Å². The van der Waals surface area contributed by atoms with E-state index in [2.05, 4.69) is 54.6 Å². The third kappa shape index (κ3) is 3.85. The third-order valence-electron chi connectivity index (χ3n) is 6.28. The molecule has 2 aromatic heterocycles. The van der Waals surface area contributed by atoms with Crippen LogP contribution in [-0.2, 0) is 9.47 Å². The Labute approximate surface area is 182 Å². The number of morpholine rings is 2. The predicted molar refractivity (Wildman–Crippen MR) is 121 cm³/mol. The Morgan fingerprint density at radius 1 is 0.968 bits per heavy atom. The molecule has 2 fully saturated rings. The van der Waals surface area contributed by atoms with Crippen LogP contribution in [0.3, 0.4) is 0 Å². The molecule has 0 radical (unpaired) electrons. The molecular formula is C23H30N6O2. The quantitative estimate of drug-likeness (QED) is 0.643. The Kier molecular flexibility index (Phi) is 5.27. The van der Waals surface area contributed by atoms with Crippen molar-refractivity contribution in [1.82, 2.24) is 19.5 Å². The Balaban J connectivity index is 1.62. The van der Waals surface area contributed by atoms with E-state index in [1.165, 1.54) is 0 Å². The summed E-state index contributed by atoms with van der Waals surface area (Å²) in [7, 11) is 0. The predicted octanol–water partition coefficient (Wildman–Crippen LogP) is 3.04. The summed E-state index contributed by atoms with van der Waals surface area (Å²) in [4.78, 5) is 19.2. The minimum atomic E-state index is 0.146. The van der Waals surface area contributed by atoms with Crippen molar-refractivity contribution in [2.45, 2.75) is 52.0 Å². The summed E-state index contributed by atoms with van der Waals surface area (Å²) in [6.45, 7) is 11.6. The van der Waals surface area contributed by atoms with Crippen LogP contribution < -0.4 is 9.80 Å². The number of ether oxygens (including phenoxy) is 2. The first-order valence-electron chi connectivity index (χ1n) is 11.1. The summed E-state index contributed by atoms with van der Waals surface area (Å²) in [6, 6.07) is 10.4. The molecule has 4 heterocycles. The maximum Gasteiger partial charge on any atom is 0.239 e. The molecule has 0 spiro atoms. The highest BCUT2D eigenvalue weighted by molar-refractivity contribution is 5.76. The lowest BCUT2D eigenvalue weighted by Gasteiger charge is -2.40. The molecule has 5 rings (SSSR count). The highest BCUT2D eigenvalue weighted by Gasteiger charge is 2.29. The molecule has 2 saturated heterocycles. The Morgan fingerprint density at radius 3 is 2.52 bits per heavy atom. The fourth-order valence-electron chi connectivity index (χ4n) is 4.57. The van der Waals surface area contributed by atoms with Gasteiger partial charge in [0.15, 0.2) is 0 Å². The van der Waals surface area contributed by atoms with E-state index in [4.69, 9.17) is 19.4 Å². The number of rotatable bonds is 3. The molecule has 0 unspecified atom stereocenters. The average Bonchev–Trinajstić information content (AvgIpc) is 3.19. The van der Waals surface area contributed by atoms with Gasteiger partial charge in [0, 0.05) is 25.7 Å². The van der Waals surface area contributed by atoms with Crippen molar-refractivity contribution in [2.75, 3.05) is 36.0 Å². The van der Waals surface area contributed by atoms with Crippen molar-refractivity contribution < 1.29 is 9.47 Å². The molecular weight excluding hydrogens is 392 g/mol. The van der Waals surface area contributed by atoms with Crippen molar-refractivity contribution in [1.29, 1.82) is 0 Å². The van der Waals surface area contributed by atoms with Crippen LogP contribution in [0.2, 0.25) is 0 Å². The Morgan fingerprint density at radius 2 is 1.71 bits per heavy atom. The van der Waals surface area contributed by atoms with Crippen LogP contribution in [0.1, 0.15) is 27.7 Å². The Hall–Kier alpha value is -2.71. The number of para-hydroxylation sites is 2. The fourth-order valence-corrected chi connectivity index (χ4v) is 4.57. The number of benzene rings is 1. The standard InChI is InChI=1S/C23H30N6O2/c1-15-12-27(13-16(2)31-15)21-11-22(28-9-10-30-18(4)17(28)3)26-23(25-21)29-14-24-19-7-5-6-8-20(19)29/h5-8,11,14-18H,9-10,12-13H2,1-4H3/t15-,16+,17-,18+/m1/s1. The van der Waals surface area contributed by atoms with Crippen LogP contribution in [0, 0.1) is 0 Å². The van der Waals surface area contributed by atoms with Gasteiger partial charge in [0.1, 0.15) is 18.0 Å². The van der Waals surface area contributed by atoms with E-state index in [1.54, 1.807) is 0 Å². The minimum Gasteiger partial charge on any atom is -0.375 e. The summed E-state index contributed by atoms with van der Waals surface area (Å²) in [6.07, 6.45) is 2.26. The molecule has 31 heavy (non-hydrogen) atoms. The first kappa shape index (κ1) is 20.2. The largest absolute Gasteiger partial charge is 0.375 e. The molecule has 3 aromatic rings. The average molecular weight is 423 g/mol. The lowest BCUT2D eigenvalue weighted by atomic mass is 10.1. The maximum absolute atomic E-state index is 5.95. The zero-order valence-corrected chi connectivity index (χ0v) is 18.6.